The molecule has 1 amide bonds. The van der Waals surface area contributed by atoms with Gasteiger partial charge in [-0.3, -0.25) is 9.59 Å². The van der Waals surface area contributed by atoms with Gasteiger partial charge < -0.3 is 10.4 Å². The number of carbonyl (C=O) groups excluding carboxylic acids is 1. The zero-order valence-corrected chi connectivity index (χ0v) is 12.8. The van der Waals surface area contributed by atoms with Crippen LogP contribution in [0.2, 0.25) is 0 Å². The number of thioether (sulfide) groups is 2. The summed E-state index contributed by atoms with van der Waals surface area (Å²) >= 11 is 2.74. The van der Waals surface area contributed by atoms with Crippen LogP contribution in [0.5, 0.6) is 0 Å². The minimum Gasteiger partial charge on any atom is -0.481 e. The van der Waals surface area contributed by atoms with E-state index in [1.165, 1.54) is 0 Å². The number of amidine groups is 1. The van der Waals surface area contributed by atoms with E-state index in [0.29, 0.717) is 5.17 Å². The second-order valence-corrected chi connectivity index (χ2v) is 6.19. The van der Waals surface area contributed by atoms with Gasteiger partial charge >= 0.3 is 5.97 Å². The monoisotopic (exact) mass is 323 g/mol. The number of nitrogens with one attached hydrogen (secondary N) is 1. The van der Waals surface area contributed by atoms with Crippen molar-refractivity contribution in [3.63, 3.8) is 0 Å². The molecule has 2 N–H and O–H groups in total. The third kappa shape index (κ3) is 4.61. The normalized spacial score (nSPS) is 20.1. The van der Waals surface area contributed by atoms with Crippen LogP contribution in [-0.4, -0.2) is 39.9 Å². The Kier molecular flexibility index (Phi) is 5.40. The Morgan fingerprint density at radius 3 is 2.81 bits per heavy atom. The lowest BCUT2D eigenvalue weighted by atomic mass is 10.2. The van der Waals surface area contributed by atoms with Crippen molar-refractivity contribution in [1.82, 2.24) is 5.32 Å². The topological polar surface area (TPSA) is 91.1 Å². The molecule has 1 fully saturated rings. The lowest BCUT2D eigenvalue weighted by Crippen LogP contribution is -2.26. The Hall–Kier alpha value is -1.80. The van der Waals surface area contributed by atoms with Crippen molar-refractivity contribution in [2.45, 2.75) is 16.6 Å². The van der Waals surface area contributed by atoms with E-state index in [2.05, 4.69) is 15.5 Å². The molecule has 0 radical (unpaired) electrons. The van der Waals surface area contributed by atoms with Crippen molar-refractivity contribution < 1.29 is 14.7 Å². The number of nitrogens with zero attached hydrogens (tertiary/aromatic N) is 2. The van der Waals surface area contributed by atoms with Gasteiger partial charge in [0.15, 0.2) is 5.17 Å². The van der Waals surface area contributed by atoms with Gasteiger partial charge in [-0.2, -0.15) is 5.10 Å². The summed E-state index contributed by atoms with van der Waals surface area (Å²) in [5, 5.41) is 18.7. The highest BCUT2D eigenvalue weighted by molar-refractivity contribution is 8.15. The summed E-state index contributed by atoms with van der Waals surface area (Å²) in [5.74, 6) is -1.36. The van der Waals surface area contributed by atoms with Gasteiger partial charge in [0, 0.05) is 4.90 Å². The minimum absolute atomic E-state index is 0.227. The largest absolute Gasteiger partial charge is 0.481 e. The Morgan fingerprint density at radius 2 is 2.19 bits per heavy atom. The number of carboxylic acid groups (broad SMARTS) is 1. The molecule has 2 rings (SSSR count). The molecular weight excluding hydrogens is 310 g/mol. The quantitative estimate of drug-likeness (QED) is 0.490. The molecule has 0 aliphatic carbocycles. The van der Waals surface area contributed by atoms with Gasteiger partial charge in [-0.15, -0.1) is 16.9 Å². The van der Waals surface area contributed by atoms with Gasteiger partial charge in [0.1, 0.15) is 5.25 Å². The van der Waals surface area contributed by atoms with Crippen LogP contribution in [0.15, 0.2) is 39.4 Å². The van der Waals surface area contributed by atoms with Crippen molar-refractivity contribution >= 4 is 46.8 Å². The van der Waals surface area contributed by atoms with Crippen LogP contribution in [0, 0.1) is 0 Å². The summed E-state index contributed by atoms with van der Waals surface area (Å²) in [6, 6.07) is 7.80. The molecule has 0 saturated carbocycles. The van der Waals surface area contributed by atoms with Gasteiger partial charge in [0.05, 0.1) is 12.6 Å². The number of hydrogen-bond donors (Lipinski definition) is 2. The lowest BCUT2D eigenvalue weighted by molar-refractivity contribution is -0.138. The Bertz CT molecular complexity index is 599. The molecule has 1 aromatic rings. The minimum atomic E-state index is -1.01. The number of carboxylic acids is 1. The highest BCUT2D eigenvalue weighted by atomic mass is 32.2. The average Bonchev–Trinajstić information content (AvgIpc) is 2.79. The molecular formula is C13H13N3O3S2. The van der Waals surface area contributed by atoms with E-state index in [1.54, 1.807) is 18.0 Å². The van der Waals surface area contributed by atoms with Crippen LogP contribution < -0.4 is 5.32 Å². The molecule has 1 heterocycles. The Labute approximate surface area is 130 Å². The van der Waals surface area contributed by atoms with Crippen molar-refractivity contribution in [3.05, 3.63) is 29.8 Å². The van der Waals surface area contributed by atoms with Crippen LogP contribution >= 0.6 is 23.5 Å². The zero-order valence-electron chi connectivity index (χ0n) is 11.1. The summed E-state index contributed by atoms with van der Waals surface area (Å²) in [7, 11) is 0. The SMILES string of the molecule is CSc1ccc(/C=N/N=C2/NC(=O)C(CC(=O)O)S2)cc1. The van der Waals surface area contributed by atoms with Gasteiger partial charge in [-0.05, 0) is 24.0 Å². The predicted molar refractivity (Wildman–Crippen MR) is 85.0 cm³/mol. The van der Waals surface area contributed by atoms with Gasteiger partial charge in [0.2, 0.25) is 5.91 Å². The van der Waals surface area contributed by atoms with Gasteiger partial charge in [-0.25, -0.2) is 0 Å². The molecule has 1 unspecified atom stereocenters. The maximum Gasteiger partial charge on any atom is 0.305 e. The van der Waals surface area contributed by atoms with Crippen molar-refractivity contribution in [3.8, 4) is 0 Å². The summed E-state index contributed by atoms with van der Waals surface area (Å²) in [6.07, 6.45) is 3.35. The van der Waals surface area contributed by atoms with Crippen LogP contribution in [0.25, 0.3) is 0 Å². The van der Waals surface area contributed by atoms with E-state index in [0.717, 1.165) is 22.2 Å². The maximum absolute atomic E-state index is 11.5. The first-order valence-corrected chi connectivity index (χ1v) is 8.13. The average molecular weight is 323 g/mol. The summed E-state index contributed by atoms with van der Waals surface area (Å²) in [4.78, 5) is 23.2. The second kappa shape index (κ2) is 7.28. The van der Waals surface area contributed by atoms with Crippen LogP contribution in [0.3, 0.4) is 0 Å². The number of amides is 1. The molecule has 110 valence electrons. The smallest absolute Gasteiger partial charge is 0.305 e. The molecule has 1 aliphatic rings. The molecule has 0 bridgehead atoms. The molecule has 0 aromatic heterocycles. The van der Waals surface area contributed by atoms with E-state index >= 15 is 0 Å². The zero-order chi connectivity index (χ0) is 15.2. The fourth-order valence-electron chi connectivity index (χ4n) is 1.58. The van der Waals surface area contributed by atoms with Crippen LogP contribution in [-0.2, 0) is 9.59 Å². The fraction of sp³-hybridized carbons (Fsp3) is 0.231. The number of aliphatic carboxylic acids is 1. The van der Waals surface area contributed by atoms with E-state index in [1.807, 2.05) is 30.5 Å². The van der Waals surface area contributed by atoms with E-state index in [4.69, 9.17) is 5.11 Å². The number of carbonyl (C=O) groups is 2. The molecule has 1 aromatic carbocycles. The molecule has 6 nitrogen and oxygen atoms in total. The van der Waals surface area contributed by atoms with E-state index < -0.39 is 11.2 Å². The number of hydrogen-bond acceptors (Lipinski definition) is 6. The first kappa shape index (κ1) is 15.6. The second-order valence-electron chi connectivity index (χ2n) is 4.12. The highest BCUT2D eigenvalue weighted by Gasteiger charge is 2.32. The first-order valence-electron chi connectivity index (χ1n) is 6.03. The van der Waals surface area contributed by atoms with Crippen LogP contribution in [0.1, 0.15) is 12.0 Å². The van der Waals surface area contributed by atoms with Gasteiger partial charge in [0.25, 0.3) is 0 Å². The van der Waals surface area contributed by atoms with Crippen LogP contribution in [0.4, 0.5) is 0 Å². The maximum atomic E-state index is 11.5. The van der Waals surface area contributed by atoms with Crippen molar-refractivity contribution in [2.24, 2.45) is 10.2 Å². The molecule has 21 heavy (non-hydrogen) atoms. The van der Waals surface area contributed by atoms with Crippen molar-refractivity contribution in [2.75, 3.05) is 6.26 Å². The van der Waals surface area contributed by atoms with Gasteiger partial charge in [-0.1, -0.05) is 23.9 Å². The third-order valence-corrected chi connectivity index (χ3v) is 4.42. The molecule has 0 spiro atoms. The highest BCUT2D eigenvalue weighted by Crippen LogP contribution is 2.22. The summed E-state index contributed by atoms with van der Waals surface area (Å²) in [5.41, 5.74) is 0.897. The van der Waals surface area contributed by atoms with Crippen molar-refractivity contribution in [1.29, 1.82) is 0 Å². The number of rotatable bonds is 5. The molecule has 1 atom stereocenters. The third-order valence-electron chi connectivity index (χ3n) is 2.61. The lowest BCUT2D eigenvalue weighted by Gasteiger charge is -1.97. The van der Waals surface area contributed by atoms with E-state index in [-0.39, 0.29) is 12.3 Å². The fourth-order valence-corrected chi connectivity index (χ4v) is 2.91. The standard InChI is InChI=1S/C13H13N3O3S2/c1-20-9-4-2-8(3-5-9)7-14-16-13-15-12(19)10(21-13)6-11(17)18/h2-5,7,10H,6H2,1H3,(H,17,18)(H,15,16,19)/b14-7+. The Morgan fingerprint density at radius 1 is 1.48 bits per heavy atom. The molecule has 8 heteroatoms. The Balaban J connectivity index is 1.96. The molecule has 1 saturated heterocycles. The van der Waals surface area contributed by atoms with E-state index in [9.17, 15) is 9.59 Å². The first-order chi connectivity index (χ1) is 10.1. The predicted octanol–water partition coefficient (Wildman–Crippen LogP) is 1.80. The number of benzene rings is 1. The summed E-state index contributed by atoms with van der Waals surface area (Å²) < 4.78 is 0. The molecule has 1 aliphatic heterocycles. The summed E-state index contributed by atoms with van der Waals surface area (Å²) in [6.45, 7) is 0.